The van der Waals surface area contributed by atoms with Gasteiger partial charge in [-0.25, -0.2) is 0 Å². The maximum Gasteiger partial charge on any atom is 0.00171 e. The van der Waals surface area contributed by atoms with E-state index in [2.05, 4.69) is 18.7 Å². The van der Waals surface area contributed by atoms with Crippen molar-refractivity contribution in [2.45, 2.75) is 26.2 Å². The Hall–Kier alpha value is -0.480. The van der Waals surface area contributed by atoms with E-state index in [1.54, 1.807) is 0 Å². The van der Waals surface area contributed by atoms with Gasteiger partial charge in [-0.15, -0.1) is 5.73 Å². The van der Waals surface area contributed by atoms with Gasteiger partial charge in [-0.3, -0.25) is 0 Å². The molecule has 1 aliphatic rings. The molecule has 0 nitrogen and oxygen atoms in total. The average molecular weight is 94.2 g/mol. The van der Waals surface area contributed by atoms with Crippen molar-refractivity contribution in [3.8, 4) is 0 Å². The van der Waals surface area contributed by atoms with Crippen LogP contribution in [0.2, 0.25) is 0 Å². The van der Waals surface area contributed by atoms with E-state index in [0.717, 1.165) is 0 Å². The highest BCUT2D eigenvalue weighted by atomic mass is 14.0. The quantitative estimate of drug-likeness (QED) is 0.470. The zero-order valence-electron chi connectivity index (χ0n) is 4.70. The molecule has 0 heterocycles. The first-order valence-electron chi connectivity index (χ1n) is 2.89. The zero-order chi connectivity index (χ0) is 5.11. The predicted molar refractivity (Wildman–Crippen MR) is 31.1 cm³/mol. The van der Waals surface area contributed by atoms with E-state index in [1.807, 2.05) is 0 Å². The van der Waals surface area contributed by atoms with Crippen molar-refractivity contribution < 1.29 is 0 Å². The number of unbranched alkanes of at least 4 members (excludes halogenated alkanes) is 1. The lowest BCUT2D eigenvalue weighted by Crippen LogP contribution is -1.67. The van der Waals surface area contributed by atoms with E-state index in [4.69, 9.17) is 0 Å². The summed E-state index contributed by atoms with van der Waals surface area (Å²) >= 11 is 0. The summed E-state index contributed by atoms with van der Waals surface area (Å²) in [5.41, 5.74) is 4.49. The number of rotatable bonds is 3. The Morgan fingerprint density at radius 2 is 2.43 bits per heavy atom. The Labute approximate surface area is 44.5 Å². The van der Waals surface area contributed by atoms with Gasteiger partial charge >= 0.3 is 0 Å². The third-order valence-corrected chi connectivity index (χ3v) is 1.15. The fourth-order valence-corrected chi connectivity index (χ4v) is 0.563. The predicted octanol–water partition coefficient (Wildman–Crippen LogP) is 2.27. The first-order valence-corrected chi connectivity index (χ1v) is 2.89. The highest BCUT2D eigenvalue weighted by Gasteiger charge is 1.96. The van der Waals surface area contributed by atoms with Gasteiger partial charge in [0.25, 0.3) is 0 Å². The number of hydrogen-bond donors (Lipinski definition) is 0. The SMILES string of the molecule is CCCCC1=C=C1. The van der Waals surface area contributed by atoms with Gasteiger partial charge in [0.2, 0.25) is 0 Å². The maximum atomic E-state index is 3.06. The van der Waals surface area contributed by atoms with E-state index in [0.29, 0.717) is 0 Å². The molecule has 0 aromatic heterocycles. The van der Waals surface area contributed by atoms with Gasteiger partial charge in [-0.2, -0.15) is 0 Å². The zero-order valence-corrected chi connectivity index (χ0v) is 4.70. The van der Waals surface area contributed by atoms with Gasteiger partial charge in [0.15, 0.2) is 0 Å². The Balaban J connectivity index is 1.91. The third kappa shape index (κ3) is 1.61. The van der Waals surface area contributed by atoms with Crippen LogP contribution in [0.5, 0.6) is 0 Å². The lowest BCUT2D eigenvalue weighted by molar-refractivity contribution is 0.806. The largest absolute Gasteiger partial charge is 0.116 e. The molecule has 0 fully saturated rings. The minimum Gasteiger partial charge on any atom is -0.116 e. The summed E-state index contributed by atoms with van der Waals surface area (Å²) < 4.78 is 0. The molecule has 0 saturated carbocycles. The second kappa shape index (κ2) is 1.99. The van der Waals surface area contributed by atoms with E-state index in [9.17, 15) is 0 Å². The fraction of sp³-hybridized carbons (Fsp3) is 0.571. The number of hydrogen-bond acceptors (Lipinski definition) is 0. The van der Waals surface area contributed by atoms with Crippen LogP contribution in [0.4, 0.5) is 0 Å². The van der Waals surface area contributed by atoms with Crippen LogP contribution < -0.4 is 0 Å². The van der Waals surface area contributed by atoms with Gasteiger partial charge in [-0.1, -0.05) is 13.3 Å². The first kappa shape index (κ1) is 4.67. The van der Waals surface area contributed by atoms with Crippen LogP contribution in [0.15, 0.2) is 17.4 Å². The van der Waals surface area contributed by atoms with Gasteiger partial charge < -0.3 is 0 Å². The minimum absolute atomic E-state index is 1.26. The molecular weight excluding hydrogens is 84.1 g/mol. The maximum absolute atomic E-state index is 3.06. The van der Waals surface area contributed by atoms with Crippen molar-refractivity contribution in [2.24, 2.45) is 0 Å². The fourth-order valence-electron chi connectivity index (χ4n) is 0.563. The average Bonchev–Trinajstić information content (AvgIpc) is 2.42. The van der Waals surface area contributed by atoms with Crippen LogP contribution in [0.25, 0.3) is 0 Å². The normalized spacial score (nSPS) is 14.1. The second-order valence-corrected chi connectivity index (χ2v) is 1.92. The molecule has 0 aromatic carbocycles. The van der Waals surface area contributed by atoms with E-state index < -0.39 is 0 Å². The summed E-state index contributed by atoms with van der Waals surface area (Å²) in [5.74, 6) is 0. The van der Waals surface area contributed by atoms with Crippen LogP contribution in [-0.2, 0) is 0 Å². The summed E-state index contributed by atoms with van der Waals surface area (Å²) in [6.45, 7) is 2.21. The highest BCUT2D eigenvalue weighted by Crippen LogP contribution is 2.14. The highest BCUT2D eigenvalue weighted by molar-refractivity contribution is 5.30. The molecule has 7 heavy (non-hydrogen) atoms. The van der Waals surface area contributed by atoms with Crippen molar-refractivity contribution >= 4 is 0 Å². The van der Waals surface area contributed by atoms with E-state index in [1.165, 1.54) is 24.8 Å². The van der Waals surface area contributed by atoms with Gasteiger partial charge in [0.05, 0.1) is 0 Å². The molecule has 0 aliphatic heterocycles. The van der Waals surface area contributed by atoms with Gasteiger partial charge in [-0.05, 0) is 18.9 Å². The minimum atomic E-state index is 1.26. The molecule has 0 aromatic rings. The Morgan fingerprint density at radius 1 is 1.71 bits per heavy atom. The Morgan fingerprint density at radius 3 is 2.86 bits per heavy atom. The van der Waals surface area contributed by atoms with E-state index in [-0.39, 0.29) is 0 Å². The van der Waals surface area contributed by atoms with Gasteiger partial charge in [0.1, 0.15) is 0 Å². The summed E-state index contributed by atoms with van der Waals surface area (Å²) in [4.78, 5) is 0. The second-order valence-electron chi connectivity index (χ2n) is 1.92. The molecule has 0 heteroatoms. The van der Waals surface area contributed by atoms with Crippen molar-refractivity contribution in [3.63, 3.8) is 0 Å². The number of allylic oxidation sites excluding steroid dienone is 1. The topological polar surface area (TPSA) is 0 Å². The van der Waals surface area contributed by atoms with E-state index >= 15 is 0 Å². The molecule has 0 spiro atoms. The molecule has 0 amide bonds. The molecule has 0 bridgehead atoms. The lowest BCUT2D eigenvalue weighted by Gasteiger charge is -1.85. The van der Waals surface area contributed by atoms with Crippen LogP contribution in [0.1, 0.15) is 26.2 Å². The molecule has 0 unspecified atom stereocenters. The molecule has 1 aliphatic carbocycles. The van der Waals surface area contributed by atoms with Gasteiger partial charge in [0, 0.05) is 5.57 Å². The lowest BCUT2D eigenvalue weighted by atomic mass is 10.2. The van der Waals surface area contributed by atoms with Crippen molar-refractivity contribution in [3.05, 3.63) is 17.4 Å². The monoisotopic (exact) mass is 94.1 g/mol. The smallest absolute Gasteiger partial charge is 0.00171 e. The molecule has 38 valence electrons. The summed E-state index contributed by atoms with van der Waals surface area (Å²) in [5, 5.41) is 0. The molecule has 0 N–H and O–H groups in total. The van der Waals surface area contributed by atoms with Crippen LogP contribution in [0, 0.1) is 0 Å². The molecule has 1 rings (SSSR count). The van der Waals surface area contributed by atoms with Crippen LogP contribution in [-0.4, -0.2) is 0 Å². The molecular formula is C7H10. The summed E-state index contributed by atoms with van der Waals surface area (Å²) in [7, 11) is 0. The first-order chi connectivity index (χ1) is 3.43. The van der Waals surface area contributed by atoms with Crippen molar-refractivity contribution in [1.29, 1.82) is 0 Å². The van der Waals surface area contributed by atoms with Crippen molar-refractivity contribution in [1.82, 2.24) is 0 Å². The van der Waals surface area contributed by atoms with Crippen molar-refractivity contribution in [2.75, 3.05) is 0 Å². The van der Waals surface area contributed by atoms with Crippen LogP contribution in [0.3, 0.4) is 0 Å². The third-order valence-electron chi connectivity index (χ3n) is 1.15. The summed E-state index contributed by atoms with van der Waals surface area (Å²) in [6, 6.07) is 0. The van der Waals surface area contributed by atoms with Crippen LogP contribution >= 0.6 is 0 Å². The molecule has 0 atom stereocenters. The Kier molecular flexibility index (Phi) is 1.33. The standard InChI is InChI=1S/C7H10/c1-2-3-4-7-5-6-7/h5H,2-4H2,1H3. The molecule has 0 radical (unpaired) electrons. The summed E-state index contributed by atoms with van der Waals surface area (Å²) in [6.07, 6.45) is 5.96. The Bertz CT molecular complexity index is 114. The molecule has 0 saturated heterocycles.